The van der Waals surface area contributed by atoms with E-state index in [0.717, 1.165) is 19.6 Å². The van der Waals surface area contributed by atoms with Crippen molar-refractivity contribution in [2.24, 2.45) is 0 Å². The standard InChI is InChI=1S/C17H30N2/c1-13(2)16-8-7-15(5)17(11-16)12-19(6)10-9-18-14(3)4/h7-8,11,13-14,18H,9-10,12H2,1-6H3. The van der Waals surface area contributed by atoms with Crippen molar-refractivity contribution in [1.29, 1.82) is 0 Å². The van der Waals surface area contributed by atoms with Gasteiger partial charge in [0.15, 0.2) is 0 Å². The maximum atomic E-state index is 3.46. The van der Waals surface area contributed by atoms with Gasteiger partial charge in [0.05, 0.1) is 0 Å². The smallest absolute Gasteiger partial charge is 0.0233 e. The van der Waals surface area contributed by atoms with Crippen molar-refractivity contribution in [3.8, 4) is 0 Å². The summed E-state index contributed by atoms with van der Waals surface area (Å²) in [5.74, 6) is 0.604. The fourth-order valence-electron chi connectivity index (χ4n) is 2.13. The molecule has 1 N–H and O–H groups in total. The van der Waals surface area contributed by atoms with Crippen molar-refractivity contribution in [3.63, 3.8) is 0 Å². The highest BCUT2D eigenvalue weighted by Crippen LogP contribution is 2.19. The lowest BCUT2D eigenvalue weighted by Gasteiger charge is -2.20. The van der Waals surface area contributed by atoms with Crippen LogP contribution in [0.25, 0.3) is 0 Å². The summed E-state index contributed by atoms with van der Waals surface area (Å²) in [7, 11) is 2.20. The SMILES string of the molecule is Cc1ccc(C(C)C)cc1CN(C)CCNC(C)C. The van der Waals surface area contributed by atoms with E-state index in [1.54, 1.807) is 0 Å². The van der Waals surface area contributed by atoms with Gasteiger partial charge in [-0.2, -0.15) is 0 Å². The van der Waals surface area contributed by atoms with Crippen molar-refractivity contribution in [3.05, 3.63) is 34.9 Å². The maximum absolute atomic E-state index is 3.46. The summed E-state index contributed by atoms with van der Waals surface area (Å²) in [6.45, 7) is 14.3. The topological polar surface area (TPSA) is 15.3 Å². The van der Waals surface area contributed by atoms with Gasteiger partial charge in [0.2, 0.25) is 0 Å². The molecule has 1 aromatic carbocycles. The molecule has 0 aliphatic rings. The van der Waals surface area contributed by atoms with Crippen molar-refractivity contribution in [2.45, 2.75) is 53.1 Å². The largest absolute Gasteiger partial charge is 0.313 e. The maximum Gasteiger partial charge on any atom is 0.0233 e. The van der Waals surface area contributed by atoms with Crippen LogP contribution in [0, 0.1) is 6.92 Å². The third-order valence-electron chi connectivity index (χ3n) is 3.53. The third kappa shape index (κ3) is 5.75. The minimum Gasteiger partial charge on any atom is -0.313 e. The molecule has 0 atom stereocenters. The second-order valence-electron chi connectivity index (χ2n) is 6.19. The molecule has 1 rings (SSSR count). The van der Waals surface area contributed by atoms with Crippen molar-refractivity contribution >= 4 is 0 Å². The van der Waals surface area contributed by atoms with Gasteiger partial charge in [-0.1, -0.05) is 45.9 Å². The van der Waals surface area contributed by atoms with E-state index < -0.39 is 0 Å². The van der Waals surface area contributed by atoms with Crippen LogP contribution in [-0.4, -0.2) is 31.1 Å². The first-order valence-corrected chi connectivity index (χ1v) is 7.41. The molecule has 0 fully saturated rings. The Hall–Kier alpha value is -0.860. The highest BCUT2D eigenvalue weighted by Gasteiger charge is 2.06. The number of nitrogens with zero attached hydrogens (tertiary/aromatic N) is 1. The van der Waals surface area contributed by atoms with Crippen LogP contribution in [0.3, 0.4) is 0 Å². The van der Waals surface area contributed by atoms with E-state index in [0.29, 0.717) is 12.0 Å². The minimum absolute atomic E-state index is 0.569. The molecule has 0 spiro atoms. The number of aryl methyl sites for hydroxylation is 1. The minimum atomic E-state index is 0.569. The summed E-state index contributed by atoms with van der Waals surface area (Å²) in [6.07, 6.45) is 0. The molecule has 0 saturated carbocycles. The Balaban J connectivity index is 2.57. The molecule has 0 aliphatic heterocycles. The molecule has 108 valence electrons. The number of benzene rings is 1. The molecule has 0 unspecified atom stereocenters. The van der Waals surface area contributed by atoms with E-state index in [-0.39, 0.29) is 0 Å². The first-order valence-electron chi connectivity index (χ1n) is 7.41. The highest BCUT2D eigenvalue weighted by atomic mass is 15.1. The number of likely N-dealkylation sites (N-methyl/N-ethyl adjacent to an activating group) is 1. The molecular formula is C17H30N2. The average Bonchev–Trinajstić information content (AvgIpc) is 2.31. The quantitative estimate of drug-likeness (QED) is 0.808. The predicted molar refractivity (Wildman–Crippen MR) is 84.7 cm³/mol. The Labute approximate surface area is 119 Å². The zero-order valence-corrected chi connectivity index (χ0v) is 13.5. The van der Waals surface area contributed by atoms with E-state index >= 15 is 0 Å². The van der Waals surface area contributed by atoms with Gasteiger partial charge in [-0.05, 0) is 36.6 Å². The van der Waals surface area contributed by atoms with Gasteiger partial charge in [0.25, 0.3) is 0 Å². The second kappa shape index (κ2) is 7.66. The van der Waals surface area contributed by atoms with E-state index in [9.17, 15) is 0 Å². The fraction of sp³-hybridized carbons (Fsp3) is 0.647. The molecule has 0 bridgehead atoms. The molecule has 0 radical (unpaired) electrons. The lowest BCUT2D eigenvalue weighted by molar-refractivity contribution is 0.319. The summed E-state index contributed by atoms with van der Waals surface area (Å²) in [5.41, 5.74) is 4.29. The summed E-state index contributed by atoms with van der Waals surface area (Å²) < 4.78 is 0. The Bertz CT molecular complexity index is 383. The highest BCUT2D eigenvalue weighted by molar-refractivity contribution is 5.32. The fourth-order valence-corrected chi connectivity index (χ4v) is 2.13. The first-order chi connectivity index (χ1) is 8.90. The van der Waals surface area contributed by atoms with E-state index in [4.69, 9.17) is 0 Å². The third-order valence-corrected chi connectivity index (χ3v) is 3.53. The van der Waals surface area contributed by atoms with Crippen LogP contribution < -0.4 is 5.32 Å². The summed E-state index contributed by atoms with van der Waals surface area (Å²) in [6, 6.07) is 7.44. The average molecular weight is 262 g/mol. The zero-order valence-electron chi connectivity index (χ0n) is 13.5. The van der Waals surface area contributed by atoms with Crippen LogP contribution in [-0.2, 0) is 6.54 Å². The van der Waals surface area contributed by atoms with Crippen molar-refractivity contribution in [2.75, 3.05) is 20.1 Å². The molecule has 2 nitrogen and oxygen atoms in total. The van der Waals surface area contributed by atoms with Gasteiger partial charge >= 0.3 is 0 Å². The molecule has 0 aliphatic carbocycles. The molecule has 1 aromatic rings. The Kier molecular flexibility index (Phi) is 6.53. The molecule has 0 aromatic heterocycles. The number of hydrogen-bond donors (Lipinski definition) is 1. The van der Waals surface area contributed by atoms with Gasteiger partial charge in [0, 0.05) is 25.7 Å². The van der Waals surface area contributed by atoms with Crippen LogP contribution in [0.5, 0.6) is 0 Å². The molecular weight excluding hydrogens is 232 g/mol. The van der Waals surface area contributed by atoms with Crippen LogP contribution in [0.4, 0.5) is 0 Å². The predicted octanol–water partition coefficient (Wildman–Crippen LogP) is 3.55. The number of hydrogen-bond acceptors (Lipinski definition) is 2. The zero-order chi connectivity index (χ0) is 14.4. The summed E-state index contributed by atoms with van der Waals surface area (Å²) in [5, 5.41) is 3.46. The van der Waals surface area contributed by atoms with Crippen molar-refractivity contribution < 1.29 is 0 Å². The van der Waals surface area contributed by atoms with Crippen LogP contribution in [0.1, 0.15) is 50.3 Å². The molecule has 19 heavy (non-hydrogen) atoms. The van der Waals surface area contributed by atoms with E-state index in [1.165, 1.54) is 16.7 Å². The molecule has 0 amide bonds. The van der Waals surface area contributed by atoms with E-state index in [2.05, 4.69) is 70.1 Å². The van der Waals surface area contributed by atoms with Gasteiger partial charge in [-0.15, -0.1) is 0 Å². The van der Waals surface area contributed by atoms with Crippen LogP contribution in [0.15, 0.2) is 18.2 Å². The number of rotatable bonds is 7. The Morgan fingerprint density at radius 3 is 2.42 bits per heavy atom. The van der Waals surface area contributed by atoms with Crippen LogP contribution in [0.2, 0.25) is 0 Å². The molecule has 0 heterocycles. The Morgan fingerprint density at radius 1 is 1.16 bits per heavy atom. The normalized spacial score (nSPS) is 11.8. The lowest BCUT2D eigenvalue weighted by Crippen LogP contribution is -2.32. The lowest BCUT2D eigenvalue weighted by atomic mass is 9.97. The molecule has 2 heteroatoms. The number of nitrogens with one attached hydrogen (secondary N) is 1. The van der Waals surface area contributed by atoms with Crippen LogP contribution >= 0.6 is 0 Å². The first kappa shape index (κ1) is 16.2. The van der Waals surface area contributed by atoms with Crippen molar-refractivity contribution in [1.82, 2.24) is 10.2 Å². The van der Waals surface area contributed by atoms with Gasteiger partial charge in [-0.25, -0.2) is 0 Å². The van der Waals surface area contributed by atoms with E-state index in [1.807, 2.05) is 0 Å². The van der Waals surface area contributed by atoms with Gasteiger partial charge < -0.3 is 10.2 Å². The summed E-state index contributed by atoms with van der Waals surface area (Å²) in [4.78, 5) is 2.39. The summed E-state index contributed by atoms with van der Waals surface area (Å²) >= 11 is 0. The Morgan fingerprint density at radius 2 is 1.84 bits per heavy atom. The molecule has 0 saturated heterocycles. The van der Waals surface area contributed by atoms with Gasteiger partial charge in [0.1, 0.15) is 0 Å². The second-order valence-corrected chi connectivity index (χ2v) is 6.19. The monoisotopic (exact) mass is 262 g/mol. The van der Waals surface area contributed by atoms with Gasteiger partial charge in [-0.3, -0.25) is 0 Å².